The van der Waals surface area contributed by atoms with Gasteiger partial charge in [0, 0.05) is 0 Å². The van der Waals surface area contributed by atoms with E-state index >= 15 is 0 Å². The topological polar surface area (TPSA) is 61.0 Å². The minimum Gasteiger partial charge on any atom is -0.426 e. The van der Waals surface area contributed by atoms with Gasteiger partial charge >= 0.3 is 0 Å². The smallest absolute Gasteiger partial charge is 0.299 e. The largest absolute Gasteiger partial charge is 0.426 e. The van der Waals surface area contributed by atoms with Gasteiger partial charge in [0.2, 0.25) is 0 Å². The number of para-hydroxylation sites is 1. The van der Waals surface area contributed by atoms with Crippen molar-refractivity contribution in [2.24, 2.45) is 0 Å². The van der Waals surface area contributed by atoms with Crippen molar-refractivity contribution < 1.29 is 4.74 Å². The summed E-state index contributed by atoms with van der Waals surface area (Å²) in [6.45, 7) is 1.87. The predicted octanol–water partition coefficient (Wildman–Crippen LogP) is 2.98. The van der Waals surface area contributed by atoms with Gasteiger partial charge in [0.25, 0.3) is 5.19 Å². The molecular weight excluding hydrogens is 278 g/mol. The second-order valence-electron chi connectivity index (χ2n) is 2.85. The lowest BCUT2D eigenvalue weighted by atomic mass is 10.3. The molecule has 2 rings (SSSR count). The number of anilines is 1. The van der Waals surface area contributed by atoms with Gasteiger partial charge in [0.05, 0.1) is 10.2 Å². The second kappa shape index (κ2) is 4.16. The van der Waals surface area contributed by atoms with Crippen molar-refractivity contribution in [1.82, 2.24) is 10.2 Å². The SMILES string of the molecule is Cc1nnc(Oc2c(N)cccc2Br)s1. The van der Waals surface area contributed by atoms with Crippen LogP contribution in [0.1, 0.15) is 5.01 Å². The Morgan fingerprint density at radius 1 is 1.40 bits per heavy atom. The van der Waals surface area contributed by atoms with E-state index in [2.05, 4.69) is 26.1 Å². The standard InChI is InChI=1S/C9H8BrN3OS/c1-5-12-13-9(15-5)14-8-6(10)3-2-4-7(8)11/h2-4H,11H2,1H3. The maximum absolute atomic E-state index is 5.78. The first-order valence-electron chi connectivity index (χ1n) is 4.19. The molecule has 0 spiro atoms. The Balaban J connectivity index is 2.31. The predicted molar refractivity (Wildman–Crippen MR) is 63.3 cm³/mol. The van der Waals surface area contributed by atoms with Crippen LogP contribution in [0.3, 0.4) is 0 Å². The Morgan fingerprint density at radius 2 is 2.20 bits per heavy atom. The number of ether oxygens (including phenoxy) is 1. The molecule has 0 amide bonds. The molecule has 15 heavy (non-hydrogen) atoms. The van der Waals surface area contributed by atoms with E-state index in [0.29, 0.717) is 16.6 Å². The lowest BCUT2D eigenvalue weighted by Gasteiger charge is -2.06. The maximum atomic E-state index is 5.78. The zero-order valence-corrected chi connectivity index (χ0v) is 10.3. The third-order valence-electron chi connectivity index (χ3n) is 1.69. The molecule has 0 atom stereocenters. The summed E-state index contributed by atoms with van der Waals surface area (Å²) in [7, 11) is 0. The lowest BCUT2D eigenvalue weighted by Crippen LogP contribution is -1.92. The zero-order valence-electron chi connectivity index (χ0n) is 7.90. The van der Waals surface area contributed by atoms with Crippen LogP contribution in [0, 0.1) is 6.92 Å². The lowest BCUT2D eigenvalue weighted by molar-refractivity contribution is 0.472. The molecule has 1 aromatic carbocycles. The fraction of sp³-hybridized carbons (Fsp3) is 0.111. The Labute approximate surface area is 99.2 Å². The van der Waals surface area contributed by atoms with Crippen molar-refractivity contribution in [2.75, 3.05) is 5.73 Å². The summed E-state index contributed by atoms with van der Waals surface area (Å²) < 4.78 is 6.34. The van der Waals surface area contributed by atoms with E-state index in [0.717, 1.165) is 9.48 Å². The molecule has 0 unspecified atom stereocenters. The molecule has 6 heteroatoms. The van der Waals surface area contributed by atoms with Crippen molar-refractivity contribution in [3.8, 4) is 10.9 Å². The number of benzene rings is 1. The van der Waals surface area contributed by atoms with Gasteiger partial charge in [-0.25, -0.2) is 0 Å². The molecule has 0 saturated carbocycles. The van der Waals surface area contributed by atoms with Gasteiger partial charge in [0.15, 0.2) is 5.75 Å². The fourth-order valence-corrected chi connectivity index (χ4v) is 2.04. The molecule has 2 aromatic rings. The minimum atomic E-state index is 0.492. The zero-order chi connectivity index (χ0) is 10.8. The van der Waals surface area contributed by atoms with E-state index in [1.54, 1.807) is 6.07 Å². The van der Waals surface area contributed by atoms with Crippen LogP contribution in [0.25, 0.3) is 0 Å². The van der Waals surface area contributed by atoms with Crippen LogP contribution in [-0.4, -0.2) is 10.2 Å². The Kier molecular flexibility index (Phi) is 2.88. The van der Waals surface area contributed by atoms with E-state index in [9.17, 15) is 0 Å². The molecule has 0 bridgehead atoms. The van der Waals surface area contributed by atoms with Crippen LogP contribution >= 0.6 is 27.3 Å². The summed E-state index contributed by atoms with van der Waals surface area (Å²) in [6, 6.07) is 5.48. The second-order valence-corrected chi connectivity index (χ2v) is 4.85. The van der Waals surface area contributed by atoms with Gasteiger partial charge in [-0.3, -0.25) is 0 Å². The van der Waals surface area contributed by atoms with Gasteiger partial charge in [-0.1, -0.05) is 22.5 Å². The Hall–Kier alpha value is -1.14. The van der Waals surface area contributed by atoms with Crippen LogP contribution in [0.2, 0.25) is 0 Å². The first-order chi connectivity index (χ1) is 7.16. The number of hydrogen-bond donors (Lipinski definition) is 1. The number of aryl methyl sites for hydroxylation is 1. The van der Waals surface area contributed by atoms with Crippen molar-refractivity contribution in [1.29, 1.82) is 0 Å². The molecule has 0 fully saturated rings. The number of nitrogen functional groups attached to an aromatic ring is 1. The highest BCUT2D eigenvalue weighted by atomic mass is 79.9. The van der Waals surface area contributed by atoms with Gasteiger partial charge in [-0.05, 0) is 35.0 Å². The number of aromatic nitrogens is 2. The first-order valence-corrected chi connectivity index (χ1v) is 5.79. The summed E-state index contributed by atoms with van der Waals surface area (Å²) in [6.07, 6.45) is 0. The maximum Gasteiger partial charge on any atom is 0.299 e. The average molecular weight is 286 g/mol. The summed E-state index contributed by atoms with van der Waals surface area (Å²) in [5.41, 5.74) is 6.34. The summed E-state index contributed by atoms with van der Waals surface area (Å²) in [4.78, 5) is 0. The monoisotopic (exact) mass is 285 g/mol. The number of nitrogens with two attached hydrogens (primary N) is 1. The highest BCUT2D eigenvalue weighted by Crippen LogP contribution is 2.35. The number of halogens is 1. The quantitative estimate of drug-likeness (QED) is 0.862. The van der Waals surface area contributed by atoms with E-state index in [4.69, 9.17) is 10.5 Å². The van der Waals surface area contributed by atoms with E-state index in [1.807, 2.05) is 19.1 Å². The molecule has 1 heterocycles. The molecule has 0 saturated heterocycles. The molecule has 0 aliphatic carbocycles. The molecule has 0 radical (unpaired) electrons. The van der Waals surface area contributed by atoms with Crippen molar-refractivity contribution in [3.05, 3.63) is 27.7 Å². The van der Waals surface area contributed by atoms with Crippen molar-refractivity contribution in [3.63, 3.8) is 0 Å². The molecule has 2 N–H and O–H groups in total. The summed E-state index contributed by atoms with van der Waals surface area (Å²) >= 11 is 4.74. The molecule has 0 aliphatic heterocycles. The number of nitrogens with zero attached hydrogens (tertiary/aromatic N) is 2. The number of hydrogen-bond acceptors (Lipinski definition) is 5. The van der Waals surface area contributed by atoms with Crippen molar-refractivity contribution in [2.45, 2.75) is 6.92 Å². The van der Waals surface area contributed by atoms with Crippen LogP contribution < -0.4 is 10.5 Å². The fourth-order valence-electron chi connectivity index (χ4n) is 1.04. The van der Waals surface area contributed by atoms with E-state index in [1.165, 1.54) is 11.3 Å². The Bertz CT molecular complexity index is 466. The van der Waals surface area contributed by atoms with Crippen LogP contribution in [0.4, 0.5) is 5.69 Å². The normalized spacial score (nSPS) is 10.3. The minimum absolute atomic E-state index is 0.492. The van der Waals surface area contributed by atoms with Gasteiger partial charge in [-0.15, -0.1) is 5.10 Å². The van der Waals surface area contributed by atoms with E-state index in [-0.39, 0.29) is 0 Å². The van der Waals surface area contributed by atoms with Crippen LogP contribution in [0.5, 0.6) is 10.9 Å². The highest BCUT2D eigenvalue weighted by molar-refractivity contribution is 9.10. The van der Waals surface area contributed by atoms with Crippen molar-refractivity contribution >= 4 is 33.0 Å². The molecular formula is C9H8BrN3OS. The highest BCUT2D eigenvalue weighted by Gasteiger charge is 2.09. The van der Waals surface area contributed by atoms with Crippen LogP contribution in [-0.2, 0) is 0 Å². The molecule has 1 aromatic heterocycles. The molecule has 0 aliphatic rings. The third-order valence-corrected chi connectivity index (χ3v) is 3.04. The van der Waals surface area contributed by atoms with Gasteiger partial charge in [0.1, 0.15) is 5.01 Å². The summed E-state index contributed by atoms with van der Waals surface area (Å²) in [5.74, 6) is 0.577. The average Bonchev–Trinajstić information content (AvgIpc) is 2.58. The van der Waals surface area contributed by atoms with Crippen LogP contribution in [0.15, 0.2) is 22.7 Å². The summed E-state index contributed by atoms with van der Waals surface area (Å²) in [5, 5.41) is 9.07. The van der Waals surface area contributed by atoms with Gasteiger partial charge in [-0.2, -0.15) is 0 Å². The van der Waals surface area contributed by atoms with Gasteiger partial charge < -0.3 is 10.5 Å². The number of rotatable bonds is 2. The Morgan fingerprint density at radius 3 is 2.80 bits per heavy atom. The van der Waals surface area contributed by atoms with E-state index < -0.39 is 0 Å². The molecule has 4 nitrogen and oxygen atoms in total. The molecule has 78 valence electrons. The third kappa shape index (κ3) is 2.27. The first kappa shape index (κ1) is 10.4.